The van der Waals surface area contributed by atoms with Crippen molar-refractivity contribution in [2.75, 3.05) is 5.32 Å². The Labute approximate surface area is 136 Å². The van der Waals surface area contributed by atoms with Crippen LogP contribution in [0.3, 0.4) is 0 Å². The van der Waals surface area contributed by atoms with Gasteiger partial charge in [0.25, 0.3) is 0 Å². The van der Waals surface area contributed by atoms with Crippen molar-refractivity contribution in [1.29, 1.82) is 0 Å². The number of aromatic carboxylic acids is 1. The summed E-state index contributed by atoms with van der Waals surface area (Å²) in [6, 6.07) is 4.29. The summed E-state index contributed by atoms with van der Waals surface area (Å²) >= 11 is 9.76. The fourth-order valence-corrected chi connectivity index (χ4v) is 2.39. The van der Waals surface area contributed by atoms with Crippen LogP contribution < -0.4 is 5.32 Å². The number of aromatic hydroxyl groups is 1. The Kier molecular flexibility index (Phi) is 7.53. The van der Waals surface area contributed by atoms with Crippen LogP contribution in [0.1, 0.15) is 49.4 Å². The van der Waals surface area contributed by atoms with Crippen molar-refractivity contribution in [2.24, 2.45) is 0 Å². The number of hydrogen-bond donors (Lipinski definition) is 4. The van der Waals surface area contributed by atoms with Gasteiger partial charge >= 0.3 is 5.97 Å². The average Bonchev–Trinajstić information content (AvgIpc) is 2.45. The van der Waals surface area contributed by atoms with Gasteiger partial charge in [0.15, 0.2) is 0 Å². The molecule has 0 radical (unpaired) electrons. The van der Waals surface area contributed by atoms with Crippen molar-refractivity contribution in [3.63, 3.8) is 0 Å². The number of thiol groups is 1. The number of carboxylic acid groups (broad SMARTS) is 1. The zero-order valence-corrected chi connectivity index (χ0v) is 13.7. The lowest BCUT2D eigenvalue weighted by Crippen LogP contribution is -2.21. The summed E-state index contributed by atoms with van der Waals surface area (Å²) in [5, 5.41) is 21.4. The number of unbranched alkanes of at least 4 members (excludes halogenated alkanes) is 3. The van der Waals surface area contributed by atoms with Gasteiger partial charge in [0.1, 0.15) is 11.3 Å². The Morgan fingerprint density at radius 3 is 2.71 bits per heavy atom. The molecule has 0 aliphatic carbocycles. The number of carbonyl (C=O) groups is 1. The summed E-state index contributed by atoms with van der Waals surface area (Å²) in [7, 11) is 0. The molecular formula is C15H21NO3S2. The minimum Gasteiger partial charge on any atom is -0.507 e. The number of thiocarbonyl (C=S) groups is 1. The first kappa shape index (κ1) is 17.8. The molecule has 1 aromatic rings. The van der Waals surface area contributed by atoms with E-state index in [1.807, 2.05) is 0 Å². The predicted molar refractivity (Wildman–Crippen MR) is 92.8 cm³/mol. The fourth-order valence-electron chi connectivity index (χ4n) is 1.91. The Morgan fingerprint density at radius 2 is 2.10 bits per heavy atom. The molecule has 0 aliphatic heterocycles. The zero-order valence-electron chi connectivity index (χ0n) is 12.0. The zero-order chi connectivity index (χ0) is 15.8. The van der Waals surface area contributed by atoms with E-state index in [9.17, 15) is 9.90 Å². The van der Waals surface area contributed by atoms with Crippen molar-refractivity contribution >= 4 is 41.5 Å². The van der Waals surface area contributed by atoms with Gasteiger partial charge in [-0.1, -0.05) is 44.8 Å². The van der Waals surface area contributed by atoms with E-state index in [2.05, 4.69) is 24.9 Å². The second kappa shape index (κ2) is 8.89. The molecule has 21 heavy (non-hydrogen) atoms. The molecular weight excluding hydrogens is 306 g/mol. The van der Waals surface area contributed by atoms with Crippen LogP contribution in [0.25, 0.3) is 0 Å². The van der Waals surface area contributed by atoms with Gasteiger partial charge in [0.05, 0.1) is 10.2 Å². The predicted octanol–water partition coefficient (Wildman–Crippen LogP) is 4.10. The number of hydrogen-bond acceptors (Lipinski definition) is 4. The van der Waals surface area contributed by atoms with E-state index in [-0.39, 0.29) is 16.6 Å². The van der Waals surface area contributed by atoms with Gasteiger partial charge in [0, 0.05) is 5.69 Å². The molecule has 0 saturated carbocycles. The number of benzene rings is 1. The molecule has 1 unspecified atom stereocenters. The number of nitrogens with one attached hydrogen (secondary N) is 1. The van der Waals surface area contributed by atoms with Crippen LogP contribution in [-0.2, 0) is 0 Å². The maximum Gasteiger partial charge on any atom is 0.339 e. The van der Waals surface area contributed by atoms with Gasteiger partial charge in [-0.05, 0) is 24.6 Å². The monoisotopic (exact) mass is 327 g/mol. The van der Waals surface area contributed by atoms with Crippen molar-refractivity contribution in [1.82, 2.24) is 0 Å². The number of phenols is 1. The molecule has 0 saturated heterocycles. The van der Waals surface area contributed by atoms with E-state index in [0.29, 0.717) is 10.7 Å². The van der Waals surface area contributed by atoms with Crippen LogP contribution in [0.5, 0.6) is 5.75 Å². The minimum absolute atomic E-state index is 0.0565. The van der Waals surface area contributed by atoms with Crippen LogP contribution in [0.15, 0.2) is 18.2 Å². The molecule has 0 fully saturated rings. The Morgan fingerprint density at radius 1 is 1.38 bits per heavy atom. The molecule has 1 aromatic carbocycles. The summed E-state index contributed by atoms with van der Waals surface area (Å²) in [5.41, 5.74) is 0.393. The van der Waals surface area contributed by atoms with Crippen LogP contribution in [0.4, 0.5) is 5.69 Å². The summed E-state index contributed by atoms with van der Waals surface area (Å²) in [6.45, 7) is 2.16. The largest absolute Gasteiger partial charge is 0.507 e. The molecule has 3 N–H and O–H groups in total. The Bertz CT molecular complexity index is 506. The highest BCUT2D eigenvalue weighted by molar-refractivity contribution is 7.86. The van der Waals surface area contributed by atoms with Crippen LogP contribution >= 0.6 is 24.8 Å². The lowest BCUT2D eigenvalue weighted by atomic mass is 10.1. The molecule has 0 aliphatic rings. The summed E-state index contributed by atoms with van der Waals surface area (Å²) in [4.78, 5) is 11.5. The lowest BCUT2D eigenvalue weighted by molar-refractivity contribution is 0.0694. The van der Waals surface area contributed by atoms with Gasteiger partial charge in [0.2, 0.25) is 0 Å². The first-order chi connectivity index (χ1) is 9.95. The summed E-state index contributed by atoms with van der Waals surface area (Å²) < 4.78 is 0. The highest BCUT2D eigenvalue weighted by Crippen LogP contribution is 2.22. The molecule has 0 heterocycles. The highest BCUT2D eigenvalue weighted by atomic mass is 32.1. The van der Waals surface area contributed by atoms with Gasteiger partial charge in [-0.15, -0.1) is 0 Å². The SMILES string of the molecule is CCCCCCC(S)C(=S)Nc1ccc(O)c(C(=O)O)c1. The third kappa shape index (κ3) is 5.93. The maximum absolute atomic E-state index is 11.0. The number of rotatable bonds is 8. The first-order valence-corrected chi connectivity index (χ1v) is 7.93. The van der Waals surface area contributed by atoms with Gasteiger partial charge in [-0.25, -0.2) is 4.79 Å². The molecule has 4 nitrogen and oxygen atoms in total. The topological polar surface area (TPSA) is 69.6 Å². The van der Waals surface area contributed by atoms with Crippen LogP contribution in [0.2, 0.25) is 0 Å². The van der Waals surface area contributed by atoms with E-state index in [1.165, 1.54) is 31.4 Å². The van der Waals surface area contributed by atoms with Crippen LogP contribution in [-0.4, -0.2) is 26.4 Å². The quantitative estimate of drug-likeness (QED) is 0.250. The second-order valence-electron chi connectivity index (χ2n) is 4.89. The normalized spacial score (nSPS) is 11.9. The highest BCUT2D eigenvalue weighted by Gasteiger charge is 2.13. The maximum atomic E-state index is 11.0. The molecule has 1 atom stereocenters. The minimum atomic E-state index is -1.18. The second-order valence-corrected chi connectivity index (χ2v) is 5.95. The third-order valence-electron chi connectivity index (χ3n) is 3.13. The van der Waals surface area contributed by atoms with E-state index in [4.69, 9.17) is 17.3 Å². The van der Waals surface area contributed by atoms with E-state index in [1.54, 1.807) is 6.07 Å². The Hall–Kier alpha value is -1.27. The number of carboxylic acids is 1. The standard InChI is InChI=1S/C15H21NO3S2/c1-2-3-4-5-6-13(20)14(21)16-10-7-8-12(17)11(9-10)15(18)19/h7-9,13,17,20H,2-6H2,1H3,(H,16,21)(H,18,19). The smallest absolute Gasteiger partial charge is 0.339 e. The molecule has 0 amide bonds. The number of anilines is 1. The molecule has 0 bridgehead atoms. The van der Waals surface area contributed by atoms with Gasteiger partial charge < -0.3 is 15.5 Å². The van der Waals surface area contributed by atoms with Crippen molar-refractivity contribution < 1.29 is 15.0 Å². The van der Waals surface area contributed by atoms with E-state index >= 15 is 0 Å². The van der Waals surface area contributed by atoms with Gasteiger partial charge in [-0.2, -0.15) is 12.6 Å². The molecule has 1 rings (SSSR count). The Balaban J connectivity index is 2.58. The van der Waals surface area contributed by atoms with Crippen LogP contribution in [0, 0.1) is 0 Å². The van der Waals surface area contributed by atoms with Crippen molar-refractivity contribution in [2.45, 2.75) is 44.3 Å². The first-order valence-electron chi connectivity index (χ1n) is 7.01. The fraction of sp³-hybridized carbons (Fsp3) is 0.467. The van der Waals surface area contributed by atoms with E-state index < -0.39 is 5.97 Å². The molecule has 116 valence electrons. The summed E-state index contributed by atoms with van der Waals surface area (Å²) in [6.07, 6.45) is 5.52. The summed E-state index contributed by atoms with van der Waals surface area (Å²) in [5.74, 6) is -1.44. The molecule has 0 aromatic heterocycles. The van der Waals surface area contributed by atoms with Crippen molar-refractivity contribution in [3.8, 4) is 5.75 Å². The molecule has 0 spiro atoms. The third-order valence-corrected chi connectivity index (χ3v) is 4.21. The lowest BCUT2D eigenvalue weighted by Gasteiger charge is -2.15. The van der Waals surface area contributed by atoms with E-state index in [0.717, 1.165) is 12.8 Å². The van der Waals surface area contributed by atoms with Gasteiger partial charge in [-0.3, -0.25) is 0 Å². The molecule has 6 heteroatoms. The average molecular weight is 327 g/mol. The van der Waals surface area contributed by atoms with Crippen molar-refractivity contribution in [3.05, 3.63) is 23.8 Å².